The van der Waals surface area contributed by atoms with Crippen LogP contribution in [0, 0.1) is 11.3 Å². The molecule has 1 saturated carbocycles. The lowest BCUT2D eigenvalue weighted by atomic mass is 9.87. The molecular weight excluding hydrogens is 582 g/mol. The van der Waals surface area contributed by atoms with E-state index in [1.165, 1.54) is 29.2 Å². The summed E-state index contributed by atoms with van der Waals surface area (Å²) in [6.45, 7) is 0. The van der Waals surface area contributed by atoms with Gasteiger partial charge in [-0.05, 0) is 30.7 Å². The molecule has 0 unspecified atom stereocenters. The molecule has 2 fully saturated rings. The Bertz CT molecular complexity index is 1590. The van der Waals surface area contributed by atoms with E-state index in [2.05, 4.69) is 15.3 Å². The molecule has 3 amide bonds. The SMILES string of the molecule is COc1cccc(N(C(=O)C[C@@H]2CCC(=O)N2c2nccc(C#N)n2)[C@H](C(=O)NC2CC(F)(F)C2)c2ccccc2Cl)c1. The lowest BCUT2D eigenvalue weighted by molar-refractivity contribution is -0.133. The highest BCUT2D eigenvalue weighted by molar-refractivity contribution is 6.31. The van der Waals surface area contributed by atoms with Crippen LogP contribution in [0.1, 0.15) is 49.4 Å². The van der Waals surface area contributed by atoms with Crippen LogP contribution >= 0.6 is 11.6 Å². The average molecular weight is 609 g/mol. The number of hydrogen-bond donors (Lipinski definition) is 1. The van der Waals surface area contributed by atoms with Crippen molar-refractivity contribution in [1.82, 2.24) is 15.3 Å². The van der Waals surface area contributed by atoms with Crippen LogP contribution in [0.4, 0.5) is 20.4 Å². The Balaban J connectivity index is 1.54. The van der Waals surface area contributed by atoms with Gasteiger partial charge in [-0.15, -0.1) is 0 Å². The molecule has 1 saturated heterocycles. The van der Waals surface area contributed by atoms with E-state index in [0.29, 0.717) is 17.9 Å². The van der Waals surface area contributed by atoms with Crippen LogP contribution in [-0.4, -0.2) is 52.8 Å². The highest BCUT2D eigenvalue weighted by Crippen LogP contribution is 2.39. The van der Waals surface area contributed by atoms with Crippen LogP contribution in [0.25, 0.3) is 0 Å². The van der Waals surface area contributed by atoms with Crippen molar-refractivity contribution in [1.29, 1.82) is 5.26 Å². The van der Waals surface area contributed by atoms with Gasteiger partial charge in [0.2, 0.25) is 23.7 Å². The highest BCUT2D eigenvalue weighted by Gasteiger charge is 2.47. The molecule has 3 aromatic rings. The number of alkyl halides is 2. The first-order chi connectivity index (χ1) is 20.6. The number of hydrogen-bond acceptors (Lipinski definition) is 7. The quantitative estimate of drug-likeness (QED) is 0.376. The van der Waals surface area contributed by atoms with E-state index in [1.54, 1.807) is 48.5 Å². The van der Waals surface area contributed by atoms with Gasteiger partial charge in [-0.25, -0.2) is 18.7 Å². The Labute approximate surface area is 251 Å². The van der Waals surface area contributed by atoms with Crippen molar-refractivity contribution in [3.05, 3.63) is 77.1 Å². The molecule has 43 heavy (non-hydrogen) atoms. The van der Waals surface area contributed by atoms with E-state index >= 15 is 0 Å². The van der Waals surface area contributed by atoms with E-state index in [1.807, 2.05) is 6.07 Å². The molecule has 2 atom stereocenters. The summed E-state index contributed by atoms with van der Waals surface area (Å²) in [4.78, 5) is 51.9. The number of nitriles is 1. The molecule has 2 aromatic carbocycles. The van der Waals surface area contributed by atoms with Gasteiger partial charge >= 0.3 is 0 Å². The van der Waals surface area contributed by atoms with Gasteiger partial charge in [0.25, 0.3) is 5.92 Å². The average Bonchev–Trinajstić information content (AvgIpc) is 3.34. The summed E-state index contributed by atoms with van der Waals surface area (Å²) in [7, 11) is 1.46. The number of carbonyl (C=O) groups is 3. The van der Waals surface area contributed by atoms with E-state index in [4.69, 9.17) is 16.3 Å². The van der Waals surface area contributed by atoms with Crippen LogP contribution in [0.5, 0.6) is 5.75 Å². The number of methoxy groups -OCH3 is 1. The molecule has 0 radical (unpaired) electrons. The summed E-state index contributed by atoms with van der Waals surface area (Å²) in [5, 5.41) is 12.1. The maximum atomic E-state index is 14.3. The molecule has 1 aromatic heterocycles. The Hall–Kier alpha value is -4.63. The number of aromatic nitrogens is 2. The minimum absolute atomic E-state index is 0.00131. The largest absolute Gasteiger partial charge is 0.497 e. The van der Waals surface area contributed by atoms with E-state index in [9.17, 15) is 28.4 Å². The minimum Gasteiger partial charge on any atom is -0.497 e. The molecule has 1 aliphatic heterocycles. The molecule has 1 aliphatic carbocycles. The van der Waals surface area contributed by atoms with Crippen molar-refractivity contribution in [3.63, 3.8) is 0 Å². The monoisotopic (exact) mass is 608 g/mol. The first-order valence-corrected chi connectivity index (χ1v) is 13.9. The zero-order chi connectivity index (χ0) is 30.7. The fraction of sp³-hybridized carbons (Fsp3) is 0.333. The smallest absolute Gasteiger partial charge is 0.252 e. The number of amides is 3. The van der Waals surface area contributed by atoms with Gasteiger partial charge in [0.15, 0.2) is 0 Å². The first kappa shape index (κ1) is 29.8. The predicted molar refractivity (Wildman–Crippen MR) is 153 cm³/mol. The third-order valence-corrected chi connectivity index (χ3v) is 7.80. The molecule has 13 heteroatoms. The lowest BCUT2D eigenvalue weighted by Crippen LogP contribution is -2.54. The lowest BCUT2D eigenvalue weighted by Gasteiger charge is -2.38. The van der Waals surface area contributed by atoms with Crippen molar-refractivity contribution in [2.24, 2.45) is 0 Å². The van der Waals surface area contributed by atoms with Crippen LogP contribution in [0.2, 0.25) is 5.02 Å². The number of halogens is 3. The van der Waals surface area contributed by atoms with Crippen molar-refractivity contribution in [2.75, 3.05) is 16.9 Å². The van der Waals surface area contributed by atoms with Crippen molar-refractivity contribution < 1.29 is 27.9 Å². The minimum atomic E-state index is -2.87. The number of nitrogens with one attached hydrogen (secondary N) is 1. The first-order valence-electron chi connectivity index (χ1n) is 13.5. The fourth-order valence-electron chi connectivity index (χ4n) is 5.37. The second-order valence-corrected chi connectivity index (χ2v) is 10.8. The van der Waals surface area contributed by atoms with Gasteiger partial charge in [-0.2, -0.15) is 5.26 Å². The van der Waals surface area contributed by atoms with Crippen LogP contribution < -0.4 is 19.9 Å². The van der Waals surface area contributed by atoms with E-state index in [0.717, 1.165) is 0 Å². The Morgan fingerprint density at radius 3 is 2.70 bits per heavy atom. The number of ether oxygens (including phenoxy) is 1. The summed E-state index contributed by atoms with van der Waals surface area (Å²) in [5.74, 6) is -4.01. The van der Waals surface area contributed by atoms with Crippen molar-refractivity contribution in [3.8, 4) is 11.8 Å². The second-order valence-electron chi connectivity index (χ2n) is 10.4. The van der Waals surface area contributed by atoms with Crippen molar-refractivity contribution >= 4 is 41.0 Å². The molecule has 5 rings (SSSR count). The molecule has 0 spiro atoms. The summed E-state index contributed by atoms with van der Waals surface area (Å²) in [6.07, 6.45) is 0.525. The standard InChI is InChI=1S/C30H27ClF2N6O4/c1-43-22-6-4-5-20(13-22)38(26(41)14-21-9-10-25(40)39(21)29-35-12-11-18(17-34)37-29)27(23-7-2-3-8-24(23)31)28(42)36-19-15-30(32,33)16-19/h2-8,11-13,19,21,27H,9-10,14-16H2,1H3,(H,36,42)/t21-,27-/m0/s1. The molecule has 1 N–H and O–H groups in total. The van der Waals surface area contributed by atoms with Crippen LogP contribution in [0.15, 0.2) is 60.8 Å². The van der Waals surface area contributed by atoms with Gasteiger partial charge < -0.3 is 10.1 Å². The third-order valence-electron chi connectivity index (χ3n) is 7.45. The number of nitrogens with zero attached hydrogens (tertiary/aromatic N) is 5. The second kappa shape index (κ2) is 12.3. The Morgan fingerprint density at radius 2 is 2.00 bits per heavy atom. The molecular formula is C30H27ClF2N6O4. The summed E-state index contributed by atoms with van der Waals surface area (Å²) < 4.78 is 32.6. The number of anilines is 2. The third kappa shape index (κ3) is 6.41. The number of carbonyl (C=O) groups excluding carboxylic acids is 3. The molecule has 10 nitrogen and oxygen atoms in total. The van der Waals surface area contributed by atoms with E-state index < -0.39 is 48.7 Å². The zero-order valence-corrected chi connectivity index (χ0v) is 23.8. The number of rotatable bonds is 9. The number of benzene rings is 2. The van der Waals surface area contributed by atoms with E-state index in [-0.39, 0.29) is 41.0 Å². The summed E-state index contributed by atoms with van der Waals surface area (Å²) >= 11 is 6.55. The van der Waals surface area contributed by atoms with Gasteiger partial charge in [0.1, 0.15) is 23.6 Å². The molecule has 0 bridgehead atoms. The van der Waals surface area contributed by atoms with Crippen molar-refractivity contribution in [2.45, 2.75) is 56.2 Å². The summed E-state index contributed by atoms with van der Waals surface area (Å²) in [5.41, 5.74) is 0.639. The van der Waals surface area contributed by atoms with Crippen LogP contribution in [0.3, 0.4) is 0 Å². The predicted octanol–water partition coefficient (Wildman–Crippen LogP) is 4.58. The maximum absolute atomic E-state index is 14.3. The highest BCUT2D eigenvalue weighted by atomic mass is 35.5. The van der Waals surface area contributed by atoms with Gasteiger partial charge in [-0.1, -0.05) is 35.9 Å². The fourth-order valence-corrected chi connectivity index (χ4v) is 5.61. The molecule has 2 aliphatic rings. The normalized spacial score (nSPS) is 18.3. The maximum Gasteiger partial charge on any atom is 0.252 e. The topological polar surface area (TPSA) is 129 Å². The van der Waals surface area contributed by atoms with Gasteiger partial charge in [0.05, 0.1) is 7.11 Å². The van der Waals surface area contributed by atoms with Gasteiger partial charge in [-0.3, -0.25) is 24.2 Å². The molecule has 2 heterocycles. The summed E-state index contributed by atoms with van der Waals surface area (Å²) in [6, 6.07) is 13.5. The zero-order valence-electron chi connectivity index (χ0n) is 23.0. The molecule has 222 valence electrons. The van der Waals surface area contributed by atoms with Crippen LogP contribution in [-0.2, 0) is 14.4 Å². The van der Waals surface area contributed by atoms with Gasteiger partial charge in [0, 0.05) is 66.3 Å². The Morgan fingerprint density at radius 1 is 1.23 bits per heavy atom. The Kier molecular flexibility index (Phi) is 8.54.